The van der Waals surface area contributed by atoms with Gasteiger partial charge in [0.25, 0.3) is 0 Å². The van der Waals surface area contributed by atoms with Gasteiger partial charge in [0.2, 0.25) is 5.91 Å². The number of nitrogens with one attached hydrogen (secondary N) is 2. The molecule has 0 bridgehead atoms. The van der Waals surface area contributed by atoms with Crippen LogP contribution in [0.5, 0.6) is 0 Å². The van der Waals surface area contributed by atoms with Crippen LogP contribution in [0.4, 0.5) is 5.69 Å². The van der Waals surface area contributed by atoms with Crippen LogP contribution >= 0.6 is 67.8 Å². The molecule has 19 heavy (non-hydrogen) atoms. The molecule has 1 saturated heterocycles. The van der Waals surface area contributed by atoms with E-state index in [0.717, 1.165) is 39.0 Å². The number of amides is 1. The Balaban J connectivity index is 1.98. The van der Waals surface area contributed by atoms with Crippen LogP contribution in [0.15, 0.2) is 12.1 Å². The Hall–Kier alpha value is 0.800. The molecule has 0 saturated carbocycles. The molecule has 0 aromatic heterocycles. The zero-order chi connectivity index (χ0) is 13.8. The van der Waals surface area contributed by atoms with E-state index in [1.807, 2.05) is 0 Å². The van der Waals surface area contributed by atoms with E-state index in [1.165, 1.54) is 3.57 Å². The van der Waals surface area contributed by atoms with E-state index in [9.17, 15) is 4.79 Å². The summed E-state index contributed by atoms with van der Waals surface area (Å²) in [5.41, 5.74) is 0.932. The van der Waals surface area contributed by atoms with Crippen molar-refractivity contribution in [2.24, 2.45) is 0 Å². The van der Waals surface area contributed by atoms with Gasteiger partial charge < -0.3 is 10.6 Å². The molecule has 0 radical (unpaired) electrons. The first-order valence-corrected chi connectivity index (χ1v) is 9.17. The van der Waals surface area contributed by atoms with Gasteiger partial charge in [0.15, 0.2) is 0 Å². The summed E-state index contributed by atoms with van der Waals surface area (Å²) >= 11 is 6.82. The van der Waals surface area contributed by atoms with Gasteiger partial charge in [-0.2, -0.15) is 0 Å². The van der Waals surface area contributed by atoms with Crippen LogP contribution in [0.25, 0.3) is 0 Å². The Labute approximate surface area is 153 Å². The second-order valence-corrected chi connectivity index (χ2v) is 7.89. The minimum atomic E-state index is 0.0685. The van der Waals surface area contributed by atoms with Gasteiger partial charge in [-0.15, -0.1) is 0 Å². The monoisotopic (exact) mass is 597 g/mol. The molecule has 7 heteroatoms. The molecule has 0 unspecified atom stereocenters. The molecule has 2 N–H and O–H groups in total. The van der Waals surface area contributed by atoms with Gasteiger partial charge in [-0.05, 0) is 79.9 Å². The third kappa shape index (κ3) is 4.93. The molecule has 1 fully saturated rings. The quantitative estimate of drug-likeness (QED) is 0.527. The normalized spacial score (nSPS) is 16.4. The first-order valence-electron chi connectivity index (χ1n) is 5.94. The molecule has 0 spiro atoms. The zero-order valence-electron chi connectivity index (χ0n) is 10.2. The van der Waals surface area contributed by atoms with E-state index in [0.29, 0.717) is 6.54 Å². The van der Waals surface area contributed by atoms with Crippen LogP contribution in [-0.4, -0.2) is 43.5 Å². The van der Waals surface area contributed by atoms with Gasteiger partial charge in [0, 0.05) is 36.9 Å². The highest BCUT2D eigenvalue weighted by Crippen LogP contribution is 2.27. The standard InChI is InChI=1S/C12H14I3N3O/c13-8-5-9(14)12(10(15)6-8)17-11(19)7-18-3-1-16-2-4-18/h5-6,16H,1-4,7H2,(H,17,19). The molecule has 0 atom stereocenters. The van der Waals surface area contributed by atoms with Gasteiger partial charge >= 0.3 is 0 Å². The fourth-order valence-electron chi connectivity index (χ4n) is 1.91. The van der Waals surface area contributed by atoms with Crippen molar-refractivity contribution in [1.82, 2.24) is 10.2 Å². The summed E-state index contributed by atoms with van der Waals surface area (Å²) in [4.78, 5) is 14.3. The maximum Gasteiger partial charge on any atom is 0.238 e. The predicted molar refractivity (Wildman–Crippen MR) is 103 cm³/mol. The van der Waals surface area contributed by atoms with Crippen molar-refractivity contribution < 1.29 is 4.79 Å². The Morgan fingerprint density at radius 3 is 2.37 bits per heavy atom. The summed E-state index contributed by atoms with van der Waals surface area (Å²) in [6.07, 6.45) is 0. The van der Waals surface area contributed by atoms with Crippen molar-refractivity contribution in [3.05, 3.63) is 22.8 Å². The average molecular weight is 597 g/mol. The fraction of sp³-hybridized carbons (Fsp3) is 0.417. The maximum absolute atomic E-state index is 12.1. The largest absolute Gasteiger partial charge is 0.323 e. The zero-order valence-corrected chi connectivity index (χ0v) is 16.7. The van der Waals surface area contributed by atoms with Crippen LogP contribution in [0, 0.1) is 10.7 Å². The summed E-state index contributed by atoms with van der Waals surface area (Å²) < 4.78 is 3.36. The minimum Gasteiger partial charge on any atom is -0.323 e. The lowest BCUT2D eigenvalue weighted by atomic mass is 10.3. The van der Waals surface area contributed by atoms with Gasteiger partial charge in [0.1, 0.15) is 0 Å². The number of halogens is 3. The van der Waals surface area contributed by atoms with Gasteiger partial charge in [-0.25, -0.2) is 0 Å². The van der Waals surface area contributed by atoms with Crippen molar-refractivity contribution in [3.8, 4) is 0 Å². The van der Waals surface area contributed by atoms with Gasteiger partial charge in [-0.1, -0.05) is 0 Å². The molecule has 1 aromatic carbocycles. The molecule has 0 aliphatic carbocycles. The molecule has 1 aromatic rings. The number of piperazine rings is 1. The van der Waals surface area contributed by atoms with E-state index in [4.69, 9.17) is 0 Å². The number of benzene rings is 1. The van der Waals surface area contributed by atoms with E-state index in [-0.39, 0.29) is 5.91 Å². The SMILES string of the molecule is O=C(CN1CCNCC1)Nc1c(I)cc(I)cc1I. The van der Waals surface area contributed by atoms with Crippen LogP contribution < -0.4 is 10.6 Å². The molecule has 2 rings (SSSR count). The molecule has 1 heterocycles. The van der Waals surface area contributed by atoms with Crippen molar-refractivity contribution >= 4 is 79.4 Å². The van der Waals surface area contributed by atoms with Crippen molar-refractivity contribution in [2.45, 2.75) is 0 Å². The van der Waals surface area contributed by atoms with Crippen LogP contribution in [-0.2, 0) is 4.79 Å². The summed E-state index contributed by atoms with van der Waals surface area (Å²) in [6, 6.07) is 4.15. The second-order valence-electron chi connectivity index (χ2n) is 4.32. The smallest absolute Gasteiger partial charge is 0.238 e. The maximum atomic E-state index is 12.1. The molecule has 1 aliphatic heterocycles. The number of rotatable bonds is 3. The highest BCUT2D eigenvalue weighted by Gasteiger charge is 2.15. The highest BCUT2D eigenvalue weighted by atomic mass is 127. The first kappa shape index (κ1) is 16.2. The number of carbonyl (C=O) groups excluding carboxylic acids is 1. The number of hydrogen-bond donors (Lipinski definition) is 2. The third-order valence-electron chi connectivity index (χ3n) is 2.85. The number of hydrogen-bond acceptors (Lipinski definition) is 3. The summed E-state index contributed by atoms with van der Waals surface area (Å²) in [7, 11) is 0. The Morgan fingerprint density at radius 2 is 1.79 bits per heavy atom. The van der Waals surface area contributed by atoms with Gasteiger partial charge in [-0.3, -0.25) is 9.69 Å². The van der Waals surface area contributed by atoms with E-state index >= 15 is 0 Å². The van der Waals surface area contributed by atoms with E-state index in [2.05, 4.69) is 95.4 Å². The summed E-state index contributed by atoms with van der Waals surface area (Å²) in [6.45, 7) is 4.28. The molecule has 104 valence electrons. The summed E-state index contributed by atoms with van der Waals surface area (Å²) in [5, 5.41) is 6.32. The third-order valence-corrected chi connectivity index (χ3v) is 5.17. The molecule has 4 nitrogen and oxygen atoms in total. The lowest BCUT2D eigenvalue weighted by Crippen LogP contribution is -2.46. The topological polar surface area (TPSA) is 44.4 Å². The number of nitrogens with zero attached hydrogens (tertiary/aromatic N) is 1. The lowest BCUT2D eigenvalue weighted by molar-refractivity contribution is -0.117. The molecular formula is C12H14I3N3O. The van der Waals surface area contributed by atoms with Crippen LogP contribution in [0.2, 0.25) is 0 Å². The number of anilines is 1. The van der Waals surface area contributed by atoms with E-state index in [1.54, 1.807) is 0 Å². The van der Waals surface area contributed by atoms with Crippen molar-refractivity contribution in [1.29, 1.82) is 0 Å². The highest BCUT2D eigenvalue weighted by molar-refractivity contribution is 14.1. The van der Waals surface area contributed by atoms with Crippen molar-refractivity contribution in [3.63, 3.8) is 0 Å². The lowest BCUT2D eigenvalue weighted by Gasteiger charge is -2.26. The number of carbonyl (C=O) groups is 1. The fourth-order valence-corrected chi connectivity index (χ4v) is 5.77. The van der Waals surface area contributed by atoms with E-state index < -0.39 is 0 Å². The molecule has 1 aliphatic rings. The Morgan fingerprint density at radius 1 is 1.21 bits per heavy atom. The average Bonchev–Trinajstić information content (AvgIpc) is 2.35. The van der Waals surface area contributed by atoms with Gasteiger partial charge in [0.05, 0.1) is 12.2 Å². The van der Waals surface area contributed by atoms with Crippen LogP contribution in [0.1, 0.15) is 0 Å². The Bertz CT molecular complexity index is 452. The summed E-state index contributed by atoms with van der Waals surface area (Å²) in [5.74, 6) is 0.0685. The second kappa shape index (κ2) is 7.71. The predicted octanol–water partition coefficient (Wildman–Crippen LogP) is 2.34. The molecule has 1 amide bonds. The first-order chi connectivity index (χ1) is 9.06. The minimum absolute atomic E-state index is 0.0685. The molecular weight excluding hydrogens is 583 g/mol. The van der Waals surface area contributed by atoms with Crippen molar-refractivity contribution in [2.75, 3.05) is 38.0 Å². The Kier molecular flexibility index (Phi) is 6.56. The van der Waals surface area contributed by atoms with Crippen LogP contribution in [0.3, 0.4) is 0 Å².